The average molecular weight is 475 g/mol. The molecule has 26 heavy (non-hydrogen) atoms. The molecule has 1 atom stereocenters. The molecular weight excluding hydrogens is 445 g/mol. The van der Waals surface area contributed by atoms with Crippen LogP contribution in [0.1, 0.15) is 32.8 Å². The summed E-state index contributed by atoms with van der Waals surface area (Å²) < 4.78 is 5.54. The summed E-state index contributed by atoms with van der Waals surface area (Å²) in [5, 5.41) is 6.69. The van der Waals surface area contributed by atoms with Gasteiger partial charge in [-0.05, 0) is 19.4 Å². The molecule has 1 aliphatic rings. The second-order valence-electron chi connectivity index (χ2n) is 6.40. The smallest absolute Gasteiger partial charge is 0.225 e. The number of nitrogens with zero attached hydrogens (tertiary/aromatic N) is 3. The first-order valence-corrected chi connectivity index (χ1v) is 8.87. The van der Waals surface area contributed by atoms with E-state index in [-0.39, 0.29) is 41.8 Å². The topological polar surface area (TPSA) is 78.8 Å². The van der Waals surface area contributed by atoms with Crippen LogP contribution in [-0.4, -0.2) is 54.5 Å². The summed E-state index contributed by atoms with van der Waals surface area (Å²) in [6, 6.07) is 4.09. The third kappa shape index (κ3) is 6.30. The normalized spacial score (nSPS) is 17.0. The molecule has 2 N–H and O–H groups in total. The summed E-state index contributed by atoms with van der Waals surface area (Å²) in [5.74, 6) is 1.61. The molecule has 1 fully saturated rings. The average Bonchev–Trinajstić information content (AvgIpc) is 3.07. The van der Waals surface area contributed by atoms with Crippen molar-refractivity contribution in [3.63, 3.8) is 0 Å². The van der Waals surface area contributed by atoms with Crippen LogP contribution in [0.3, 0.4) is 0 Å². The number of carbonyl (C=O) groups is 1. The number of carbonyl (C=O) groups excluding carboxylic acids is 1. The number of hydrogen-bond donors (Lipinski definition) is 2. The number of aromatic nitrogens is 1. The van der Waals surface area contributed by atoms with Gasteiger partial charge in [0.1, 0.15) is 0 Å². The lowest BCUT2D eigenvalue weighted by atomic mass is 10.2. The maximum atomic E-state index is 12.1. The molecular formula is C18H30IN5O2. The lowest BCUT2D eigenvalue weighted by Crippen LogP contribution is -2.45. The Hall–Kier alpha value is -1.58. The van der Waals surface area contributed by atoms with Crippen molar-refractivity contribution in [2.75, 3.05) is 26.7 Å². The van der Waals surface area contributed by atoms with Gasteiger partial charge in [0.2, 0.25) is 11.8 Å². The van der Waals surface area contributed by atoms with Crippen molar-refractivity contribution in [3.05, 3.63) is 23.9 Å². The zero-order valence-corrected chi connectivity index (χ0v) is 18.3. The van der Waals surface area contributed by atoms with Crippen LogP contribution in [-0.2, 0) is 11.3 Å². The summed E-state index contributed by atoms with van der Waals surface area (Å²) in [4.78, 5) is 22.5. The first-order valence-electron chi connectivity index (χ1n) is 8.87. The number of aliphatic imine (C=N–C) groups is 1. The first-order chi connectivity index (χ1) is 12.0. The van der Waals surface area contributed by atoms with Gasteiger partial charge in [-0.15, -0.1) is 24.0 Å². The van der Waals surface area contributed by atoms with Crippen LogP contribution in [0.25, 0.3) is 0 Å². The Labute approximate surface area is 173 Å². The summed E-state index contributed by atoms with van der Waals surface area (Å²) in [5.41, 5.74) is 0.982. The molecule has 1 unspecified atom stereocenters. The van der Waals surface area contributed by atoms with E-state index < -0.39 is 0 Å². The van der Waals surface area contributed by atoms with Gasteiger partial charge in [-0.2, -0.15) is 0 Å². The van der Waals surface area contributed by atoms with E-state index in [0.29, 0.717) is 19.0 Å². The molecule has 0 radical (unpaired) electrons. The number of ether oxygens (including phenoxy) is 1. The summed E-state index contributed by atoms with van der Waals surface area (Å²) in [7, 11) is 1.74. The minimum absolute atomic E-state index is 0. The fourth-order valence-electron chi connectivity index (χ4n) is 2.84. The van der Waals surface area contributed by atoms with Crippen molar-refractivity contribution < 1.29 is 9.53 Å². The zero-order valence-electron chi connectivity index (χ0n) is 16.0. The van der Waals surface area contributed by atoms with Crippen LogP contribution in [0.5, 0.6) is 5.88 Å². The van der Waals surface area contributed by atoms with Gasteiger partial charge in [-0.1, -0.05) is 19.9 Å². The number of hydrogen-bond acceptors (Lipinski definition) is 4. The first kappa shape index (κ1) is 22.5. The quantitative estimate of drug-likeness (QED) is 0.374. The molecule has 1 aliphatic heterocycles. The van der Waals surface area contributed by atoms with E-state index in [1.165, 1.54) is 0 Å². The Morgan fingerprint density at radius 3 is 2.92 bits per heavy atom. The van der Waals surface area contributed by atoms with Crippen molar-refractivity contribution in [1.29, 1.82) is 0 Å². The van der Waals surface area contributed by atoms with Crippen molar-refractivity contribution in [1.82, 2.24) is 20.5 Å². The number of pyridine rings is 1. The third-order valence-electron chi connectivity index (χ3n) is 4.14. The number of amides is 1. The van der Waals surface area contributed by atoms with Crippen molar-refractivity contribution >= 4 is 35.8 Å². The van der Waals surface area contributed by atoms with Gasteiger partial charge in [0.15, 0.2) is 5.96 Å². The second-order valence-corrected chi connectivity index (χ2v) is 6.40. The maximum absolute atomic E-state index is 12.1. The number of likely N-dealkylation sites (tertiary alicyclic amines) is 1. The minimum Gasteiger partial charge on any atom is -0.478 e. The van der Waals surface area contributed by atoms with Crippen molar-refractivity contribution in [2.45, 2.75) is 39.8 Å². The van der Waals surface area contributed by atoms with Crippen molar-refractivity contribution in [3.8, 4) is 5.88 Å². The lowest BCUT2D eigenvalue weighted by molar-refractivity contribution is -0.133. The Kier molecular flexibility index (Phi) is 9.68. The number of nitrogens with one attached hydrogen (secondary N) is 2. The molecule has 0 bridgehead atoms. The Morgan fingerprint density at radius 2 is 2.27 bits per heavy atom. The highest BCUT2D eigenvalue weighted by molar-refractivity contribution is 14.0. The summed E-state index contributed by atoms with van der Waals surface area (Å²) in [6.45, 7) is 8.48. The lowest BCUT2D eigenvalue weighted by Gasteiger charge is -2.20. The highest BCUT2D eigenvalue weighted by Crippen LogP contribution is 2.14. The molecule has 146 valence electrons. The molecule has 0 saturated carbocycles. The molecule has 0 spiro atoms. The van der Waals surface area contributed by atoms with Gasteiger partial charge in [-0.3, -0.25) is 9.79 Å². The van der Waals surface area contributed by atoms with E-state index >= 15 is 0 Å². The second kappa shape index (κ2) is 11.2. The monoisotopic (exact) mass is 475 g/mol. The molecule has 1 aromatic rings. The number of halogens is 1. The van der Waals surface area contributed by atoms with E-state index in [2.05, 4.69) is 20.6 Å². The van der Waals surface area contributed by atoms with E-state index in [0.717, 1.165) is 31.0 Å². The van der Waals surface area contributed by atoms with E-state index in [4.69, 9.17) is 4.74 Å². The van der Waals surface area contributed by atoms with Crippen LogP contribution in [0, 0.1) is 5.92 Å². The molecule has 1 aromatic heterocycles. The maximum Gasteiger partial charge on any atom is 0.225 e. The Bertz CT molecular complexity index is 609. The molecule has 7 nitrogen and oxygen atoms in total. The zero-order chi connectivity index (χ0) is 18.2. The van der Waals surface area contributed by atoms with Crippen LogP contribution < -0.4 is 15.4 Å². The molecule has 1 saturated heterocycles. The van der Waals surface area contributed by atoms with Crippen molar-refractivity contribution in [2.24, 2.45) is 10.9 Å². The fourth-order valence-corrected chi connectivity index (χ4v) is 2.84. The Balaban J connectivity index is 0.00000338. The fraction of sp³-hybridized carbons (Fsp3) is 0.611. The molecule has 0 aromatic carbocycles. The van der Waals surface area contributed by atoms with Crippen LogP contribution in [0.15, 0.2) is 23.3 Å². The van der Waals surface area contributed by atoms with Crippen LogP contribution in [0.4, 0.5) is 0 Å². The standard InChI is InChI=1S/C18H29N5O2.HI/c1-5-25-16-14(7-6-9-20-16)11-21-18(19-4)22-15-8-10-23(12-15)17(24)13(2)3;/h6-7,9,13,15H,5,8,10-12H2,1-4H3,(H2,19,21,22);1H. The predicted octanol–water partition coefficient (Wildman–Crippen LogP) is 2.02. The third-order valence-corrected chi connectivity index (χ3v) is 4.14. The highest BCUT2D eigenvalue weighted by Gasteiger charge is 2.27. The summed E-state index contributed by atoms with van der Waals surface area (Å²) in [6.07, 6.45) is 2.65. The van der Waals surface area contributed by atoms with Gasteiger partial charge in [-0.25, -0.2) is 4.98 Å². The van der Waals surface area contributed by atoms with Gasteiger partial charge >= 0.3 is 0 Å². The molecule has 1 amide bonds. The van der Waals surface area contributed by atoms with E-state index in [9.17, 15) is 4.79 Å². The molecule has 2 rings (SSSR count). The molecule has 8 heteroatoms. The number of rotatable bonds is 6. The van der Waals surface area contributed by atoms with Gasteiger partial charge in [0, 0.05) is 50.4 Å². The largest absolute Gasteiger partial charge is 0.478 e. The van der Waals surface area contributed by atoms with Crippen LogP contribution >= 0.6 is 24.0 Å². The van der Waals surface area contributed by atoms with Gasteiger partial charge in [0.25, 0.3) is 0 Å². The van der Waals surface area contributed by atoms with Crippen LogP contribution in [0.2, 0.25) is 0 Å². The van der Waals surface area contributed by atoms with E-state index in [1.807, 2.05) is 37.8 Å². The van der Waals surface area contributed by atoms with Gasteiger partial charge in [0.05, 0.1) is 6.61 Å². The number of guanidine groups is 1. The highest BCUT2D eigenvalue weighted by atomic mass is 127. The predicted molar refractivity (Wildman–Crippen MR) is 114 cm³/mol. The van der Waals surface area contributed by atoms with Gasteiger partial charge < -0.3 is 20.3 Å². The molecule has 2 heterocycles. The minimum atomic E-state index is 0. The Morgan fingerprint density at radius 1 is 1.50 bits per heavy atom. The van der Waals surface area contributed by atoms with E-state index in [1.54, 1.807) is 13.2 Å². The molecule has 0 aliphatic carbocycles. The summed E-state index contributed by atoms with van der Waals surface area (Å²) >= 11 is 0. The SMILES string of the molecule is CCOc1ncccc1CNC(=NC)NC1CCN(C(=O)C(C)C)C1.I.